The zero-order valence-electron chi connectivity index (χ0n) is 11.6. The van der Waals surface area contributed by atoms with Gasteiger partial charge in [-0.1, -0.05) is 24.3 Å². The van der Waals surface area contributed by atoms with Gasteiger partial charge in [0.2, 0.25) is 0 Å². The molecule has 0 unspecified atom stereocenters. The Balaban J connectivity index is 2.20. The monoisotopic (exact) mass is 365 g/mol. The number of fused-ring (bicyclic) bond motifs is 1. The second kappa shape index (κ2) is 4.90. The molecule has 3 aromatic rings. The van der Waals surface area contributed by atoms with Crippen molar-refractivity contribution in [2.75, 3.05) is 0 Å². The van der Waals surface area contributed by atoms with Crippen molar-refractivity contribution in [1.29, 1.82) is 0 Å². The molecule has 1 aromatic carbocycles. The molecule has 0 radical (unpaired) electrons. The van der Waals surface area contributed by atoms with Crippen LogP contribution < -0.4 is 14.5 Å². The summed E-state index contributed by atoms with van der Waals surface area (Å²) in [5, 5.41) is 4.83. The van der Waals surface area contributed by atoms with Crippen molar-refractivity contribution in [3.8, 4) is 0 Å². The van der Waals surface area contributed by atoms with Gasteiger partial charge in [-0.3, -0.25) is 0 Å². The molecule has 3 nitrogen and oxygen atoms in total. The van der Waals surface area contributed by atoms with Crippen LogP contribution in [0.4, 0.5) is 0 Å². The third-order valence-electron chi connectivity index (χ3n) is 3.62. The first kappa shape index (κ1) is 14.4. The van der Waals surface area contributed by atoms with E-state index in [-0.39, 0.29) is 0 Å². The van der Waals surface area contributed by atoms with Gasteiger partial charge in [-0.05, 0) is 41.4 Å². The number of benzene rings is 1. The molecule has 1 aliphatic rings. The van der Waals surface area contributed by atoms with Crippen LogP contribution in [0.5, 0.6) is 0 Å². The molecule has 0 saturated heterocycles. The highest BCUT2D eigenvalue weighted by atomic mass is 32.2. The molecular weight excluding hydrogens is 353 g/mol. The van der Waals surface area contributed by atoms with E-state index < -0.39 is 17.1 Å². The lowest BCUT2D eigenvalue weighted by molar-refractivity contribution is 0.600. The maximum Gasteiger partial charge on any atom is 0.282 e. The predicted molar refractivity (Wildman–Crippen MR) is 95.3 cm³/mol. The quantitative estimate of drug-likeness (QED) is 0.654. The molecule has 0 bridgehead atoms. The summed E-state index contributed by atoms with van der Waals surface area (Å²) in [5.74, 6) is 0. The molecule has 3 heterocycles. The second-order valence-corrected chi connectivity index (χ2v) is 12.3. The van der Waals surface area contributed by atoms with E-state index in [1.807, 2.05) is 54.1 Å². The average molecular weight is 365 g/mol. The molecule has 0 fully saturated rings. The Morgan fingerprint density at radius 3 is 2.18 bits per heavy atom. The molecular formula is C15H12NO2PS3. The van der Waals surface area contributed by atoms with Gasteiger partial charge >= 0.3 is 0 Å². The maximum atomic E-state index is 12.7. The number of sulfonamides is 1. The van der Waals surface area contributed by atoms with Crippen LogP contribution in [0.2, 0.25) is 0 Å². The molecule has 0 saturated carbocycles. The van der Waals surface area contributed by atoms with Crippen molar-refractivity contribution in [3.63, 3.8) is 0 Å². The van der Waals surface area contributed by atoms with E-state index in [1.165, 1.54) is 0 Å². The van der Waals surface area contributed by atoms with Gasteiger partial charge in [0, 0.05) is 5.30 Å². The number of nitrogens with zero attached hydrogens (tertiary/aromatic N) is 1. The minimum Gasteiger partial charge on any atom is -0.199 e. The fourth-order valence-electron chi connectivity index (χ4n) is 2.68. The summed E-state index contributed by atoms with van der Waals surface area (Å²) in [5.41, 5.74) is 0.940. The molecule has 112 valence electrons. The third-order valence-corrected chi connectivity index (χ3v) is 12.7. The van der Waals surface area contributed by atoms with Crippen LogP contribution in [0.15, 0.2) is 62.3 Å². The van der Waals surface area contributed by atoms with Gasteiger partial charge in [0.25, 0.3) is 10.0 Å². The Kier molecular flexibility index (Phi) is 3.20. The smallest absolute Gasteiger partial charge is 0.199 e. The van der Waals surface area contributed by atoms with E-state index in [1.54, 1.807) is 28.7 Å². The van der Waals surface area contributed by atoms with Crippen LogP contribution in [-0.4, -0.2) is 8.42 Å². The van der Waals surface area contributed by atoms with Crippen molar-refractivity contribution in [3.05, 3.63) is 58.8 Å². The molecule has 0 atom stereocenters. The normalized spacial score (nSPS) is 17.9. The van der Waals surface area contributed by atoms with Crippen molar-refractivity contribution >= 4 is 54.3 Å². The van der Waals surface area contributed by atoms with Crippen molar-refractivity contribution < 1.29 is 8.42 Å². The molecule has 0 spiro atoms. The molecule has 22 heavy (non-hydrogen) atoms. The van der Waals surface area contributed by atoms with E-state index in [4.69, 9.17) is 0 Å². The van der Waals surface area contributed by atoms with Gasteiger partial charge in [-0.25, -0.2) is 0 Å². The van der Waals surface area contributed by atoms with Gasteiger partial charge in [0.05, 0.1) is 21.2 Å². The largest absolute Gasteiger partial charge is 0.282 e. The molecule has 7 heteroatoms. The third kappa shape index (κ3) is 1.91. The highest BCUT2D eigenvalue weighted by molar-refractivity contribution is 8.05. The predicted octanol–water partition coefficient (Wildman–Crippen LogP) is 3.30. The first-order chi connectivity index (χ1) is 10.5. The summed E-state index contributed by atoms with van der Waals surface area (Å²) in [6.45, 7) is 1.91. The maximum absolute atomic E-state index is 12.7. The van der Waals surface area contributed by atoms with Crippen LogP contribution in [-0.2, 0) is 10.0 Å². The van der Waals surface area contributed by atoms with Crippen molar-refractivity contribution in [2.24, 2.45) is 4.15 Å². The molecule has 2 aromatic heterocycles. The van der Waals surface area contributed by atoms with E-state index in [2.05, 4.69) is 4.15 Å². The Morgan fingerprint density at radius 1 is 1.00 bits per heavy atom. The molecule has 0 amide bonds. The fraction of sp³-hybridized carbons (Fsp3) is 0.0667. The van der Waals surface area contributed by atoms with Crippen LogP contribution in [0, 0.1) is 6.92 Å². The lowest BCUT2D eigenvalue weighted by Crippen LogP contribution is -2.20. The van der Waals surface area contributed by atoms with E-state index in [0.29, 0.717) is 4.90 Å². The number of hydrogen-bond donors (Lipinski definition) is 0. The number of hydrogen-bond acceptors (Lipinski definition) is 4. The van der Waals surface area contributed by atoms with Gasteiger partial charge in [0.1, 0.15) is 0 Å². The fourth-order valence-corrected chi connectivity index (χ4v) is 13.1. The first-order valence-corrected chi connectivity index (χ1v) is 11.6. The average Bonchev–Trinajstić information content (AvgIpc) is 3.20. The Morgan fingerprint density at radius 2 is 1.64 bits per heavy atom. The van der Waals surface area contributed by atoms with E-state index in [9.17, 15) is 8.42 Å². The number of aryl methyl sites for hydroxylation is 1. The van der Waals surface area contributed by atoms with E-state index in [0.717, 1.165) is 20.1 Å². The first-order valence-electron chi connectivity index (χ1n) is 6.62. The SMILES string of the molecule is Cc1ccc2c(c1)S(=O)(=O)N=P2(c1cccs1)c1cccs1. The van der Waals surface area contributed by atoms with Crippen LogP contribution >= 0.6 is 29.7 Å². The van der Waals surface area contributed by atoms with Crippen molar-refractivity contribution in [1.82, 2.24) is 0 Å². The molecule has 0 N–H and O–H groups in total. The topological polar surface area (TPSA) is 46.5 Å². The van der Waals surface area contributed by atoms with Gasteiger partial charge < -0.3 is 0 Å². The Labute approximate surface area is 137 Å². The van der Waals surface area contributed by atoms with Gasteiger partial charge in [-0.2, -0.15) is 12.6 Å². The standard InChI is InChI=1S/C15H12NO2PS3/c1-11-6-7-12-13(10-11)22(17,18)16-19(12,14-4-2-8-20-14)15-5-3-9-21-15/h2-10H,1H3. The highest BCUT2D eigenvalue weighted by Crippen LogP contribution is 2.55. The lowest BCUT2D eigenvalue weighted by Gasteiger charge is -2.18. The molecule has 4 rings (SSSR count). The van der Waals surface area contributed by atoms with Crippen LogP contribution in [0.3, 0.4) is 0 Å². The number of rotatable bonds is 2. The van der Waals surface area contributed by atoms with Crippen molar-refractivity contribution in [2.45, 2.75) is 11.8 Å². The minimum atomic E-state index is -3.60. The zero-order valence-corrected chi connectivity index (χ0v) is 15.0. The van der Waals surface area contributed by atoms with Crippen LogP contribution in [0.1, 0.15) is 5.56 Å². The Bertz CT molecular complexity index is 965. The zero-order chi connectivity index (χ0) is 15.4. The summed E-state index contributed by atoms with van der Waals surface area (Å²) in [4.78, 5) is 0.377. The summed E-state index contributed by atoms with van der Waals surface area (Å²) >= 11 is 3.17. The second-order valence-electron chi connectivity index (χ2n) is 5.07. The molecule has 1 aliphatic heterocycles. The Hall–Kier alpha value is -1.20. The van der Waals surface area contributed by atoms with E-state index >= 15 is 0 Å². The molecule has 0 aliphatic carbocycles. The number of thiophene rings is 2. The highest BCUT2D eigenvalue weighted by Gasteiger charge is 2.42. The summed E-state index contributed by atoms with van der Waals surface area (Å²) in [7, 11) is -6.01. The lowest BCUT2D eigenvalue weighted by atomic mass is 10.2. The van der Waals surface area contributed by atoms with Crippen LogP contribution in [0.25, 0.3) is 0 Å². The van der Waals surface area contributed by atoms with Gasteiger partial charge in [0.15, 0.2) is 0 Å². The minimum absolute atomic E-state index is 0.377. The summed E-state index contributed by atoms with van der Waals surface area (Å²) in [6.07, 6.45) is 0. The summed E-state index contributed by atoms with van der Waals surface area (Å²) in [6, 6.07) is 13.6. The summed E-state index contributed by atoms with van der Waals surface area (Å²) < 4.78 is 31.9. The van der Waals surface area contributed by atoms with Gasteiger partial charge in [-0.15, -0.1) is 22.7 Å².